The average molecular weight is 453 g/mol. The van der Waals surface area contributed by atoms with E-state index in [2.05, 4.69) is 10.1 Å². The summed E-state index contributed by atoms with van der Waals surface area (Å²) in [5.41, 5.74) is 6.89. The number of likely N-dealkylation sites (tertiary alicyclic amines) is 1. The molecule has 0 unspecified atom stereocenters. The van der Waals surface area contributed by atoms with Crippen molar-refractivity contribution in [3.8, 4) is 5.75 Å². The van der Waals surface area contributed by atoms with Gasteiger partial charge in [0.25, 0.3) is 5.91 Å². The van der Waals surface area contributed by atoms with Gasteiger partial charge in [-0.15, -0.1) is 0 Å². The Balaban J connectivity index is 1.54. The number of benzene rings is 2. The normalized spacial score (nSPS) is 15.0. The van der Waals surface area contributed by atoms with Crippen LogP contribution in [0.25, 0.3) is 0 Å². The fraction of sp³-hybridized carbons (Fsp3) is 0.364. The average Bonchev–Trinajstić information content (AvgIpc) is 2.74. The van der Waals surface area contributed by atoms with E-state index < -0.39 is 24.3 Å². The number of nitrogens with zero attached hydrogens (tertiary/aromatic N) is 1. The first-order valence-corrected chi connectivity index (χ1v) is 10.0. The number of alkyl halides is 4. The number of carbonyl (C=O) groups excluding carboxylic acids is 2. The highest BCUT2D eigenvalue weighted by Gasteiger charge is 2.44. The second kappa shape index (κ2) is 9.88. The highest BCUT2D eigenvalue weighted by molar-refractivity contribution is 5.94. The number of ether oxygens (including phenoxy) is 1. The van der Waals surface area contributed by atoms with E-state index in [4.69, 9.17) is 5.73 Å². The first kappa shape index (κ1) is 23.4. The molecule has 0 bridgehead atoms. The SMILES string of the molecule is NC(=O)Nc1ccc(CC2CCN(C(=O)c3cccc(OC(F)(F)C(F)F)c3)CC2)cc1. The van der Waals surface area contributed by atoms with Crippen LogP contribution in [0, 0.1) is 5.92 Å². The fourth-order valence-corrected chi connectivity index (χ4v) is 3.62. The molecular weight excluding hydrogens is 430 g/mol. The molecule has 172 valence electrons. The number of halogens is 4. The van der Waals surface area contributed by atoms with Crippen molar-refractivity contribution < 1.29 is 31.9 Å². The molecule has 0 aliphatic carbocycles. The lowest BCUT2D eigenvalue weighted by molar-refractivity contribution is -0.253. The molecule has 0 saturated carbocycles. The van der Waals surface area contributed by atoms with Crippen LogP contribution in [-0.4, -0.2) is 42.5 Å². The third kappa shape index (κ3) is 6.12. The number of rotatable bonds is 7. The Kier molecular flexibility index (Phi) is 7.22. The molecule has 3 N–H and O–H groups in total. The number of carbonyl (C=O) groups is 2. The number of hydrogen-bond acceptors (Lipinski definition) is 3. The third-order valence-corrected chi connectivity index (χ3v) is 5.24. The van der Waals surface area contributed by atoms with Gasteiger partial charge in [0.1, 0.15) is 5.75 Å². The molecule has 0 atom stereocenters. The van der Waals surface area contributed by atoms with E-state index >= 15 is 0 Å². The predicted molar refractivity (Wildman–Crippen MR) is 110 cm³/mol. The lowest BCUT2D eigenvalue weighted by Gasteiger charge is -2.32. The Bertz CT molecular complexity index is 946. The first-order chi connectivity index (χ1) is 15.1. The smallest absolute Gasteiger partial charge is 0.428 e. The van der Waals surface area contributed by atoms with Crippen LogP contribution in [0.4, 0.5) is 28.0 Å². The molecule has 2 aromatic carbocycles. The quantitative estimate of drug-likeness (QED) is 0.605. The van der Waals surface area contributed by atoms with E-state index in [1.807, 2.05) is 12.1 Å². The highest BCUT2D eigenvalue weighted by atomic mass is 19.3. The minimum Gasteiger partial charge on any atom is -0.428 e. The van der Waals surface area contributed by atoms with Gasteiger partial charge in [0.2, 0.25) is 0 Å². The van der Waals surface area contributed by atoms with Crippen molar-refractivity contribution in [2.45, 2.75) is 31.8 Å². The van der Waals surface area contributed by atoms with Crippen molar-refractivity contribution in [1.82, 2.24) is 4.90 Å². The topological polar surface area (TPSA) is 84.7 Å². The van der Waals surface area contributed by atoms with E-state index in [-0.39, 0.29) is 11.5 Å². The summed E-state index contributed by atoms with van der Waals surface area (Å²) in [7, 11) is 0. The zero-order chi connectivity index (χ0) is 23.3. The molecule has 2 aromatic rings. The monoisotopic (exact) mass is 453 g/mol. The minimum atomic E-state index is -4.63. The second-order valence-corrected chi connectivity index (χ2v) is 7.62. The first-order valence-electron chi connectivity index (χ1n) is 10.0. The Morgan fingerprint density at radius 3 is 2.38 bits per heavy atom. The van der Waals surface area contributed by atoms with E-state index in [1.165, 1.54) is 12.1 Å². The molecule has 1 saturated heterocycles. The summed E-state index contributed by atoms with van der Waals surface area (Å²) >= 11 is 0. The second-order valence-electron chi connectivity index (χ2n) is 7.62. The van der Waals surface area contributed by atoms with Gasteiger partial charge in [-0.2, -0.15) is 17.6 Å². The number of nitrogens with one attached hydrogen (secondary N) is 1. The van der Waals surface area contributed by atoms with Crippen molar-refractivity contribution in [2.24, 2.45) is 11.7 Å². The number of hydrogen-bond donors (Lipinski definition) is 2. The van der Waals surface area contributed by atoms with Crippen LogP contribution < -0.4 is 15.8 Å². The van der Waals surface area contributed by atoms with Gasteiger partial charge in [-0.3, -0.25) is 4.79 Å². The van der Waals surface area contributed by atoms with E-state index in [1.54, 1.807) is 17.0 Å². The van der Waals surface area contributed by atoms with Crippen molar-refractivity contribution in [1.29, 1.82) is 0 Å². The van der Waals surface area contributed by atoms with Gasteiger partial charge in [-0.05, 0) is 61.1 Å². The maximum absolute atomic E-state index is 13.1. The molecule has 1 heterocycles. The maximum Gasteiger partial charge on any atom is 0.461 e. The zero-order valence-corrected chi connectivity index (χ0v) is 17.1. The van der Waals surface area contributed by atoms with E-state index in [0.717, 1.165) is 37.0 Å². The maximum atomic E-state index is 13.1. The minimum absolute atomic E-state index is 0.101. The van der Waals surface area contributed by atoms with Crippen LogP contribution in [0.15, 0.2) is 48.5 Å². The Hall–Kier alpha value is -3.30. The summed E-state index contributed by atoms with van der Waals surface area (Å²) in [5.74, 6) is -0.505. The van der Waals surface area contributed by atoms with Crippen LogP contribution in [0.5, 0.6) is 5.75 Å². The van der Waals surface area contributed by atoms with Gasteiger partial charge in [0.05, 0.1) is 0 Å². The van der Waals surface area contributed by atoms with Crippen LogP contribution in [0.3, 0.4) is 0 Å². The molecule has 1 aliphatic heterocycles. The summed E-state index contributed by atoms with van der Waals surface area (Å²) in [6.45, 7) is 0.978. The van der Waals surface area contributed by atoms with Gasteiger partial charge >= 0.3 is 18.6 Å². The van der Waals surface area contributed by atoms with Crippen molar-refractivity contribution >= 4 is 17.6 Å². The van der Waals surface area contributed by atoms with Gasteiger partial charge < -0.3 is 20.7 Å². The van der Waals surface area contributed by atoms with E-state index in [9.17, 15) is 27.2 Å². The Labute approximate surface area is 182 Å². The molecule has 3 rings (SSSR count). The molecule has 1 fully saturated rings. The number of urea groups is 1. The molecule has 3 amide bonds. The zero-order valence-electron chi connectivity index (χ0n) is 17.1. The summed E-state index contributed by atoms with van der Waals surface area (Å²) in [4.78, 5) is 25.2. The molecule has 0 spiro atoms. The van der Waals surface area contributed by atoms with Crippen LogP contribution in [-0.2, 0) is 6.42 Å². The number of piperidine rings is 1. The van der Waals surface area contributed by atoms with E-state index in [0.29, 0.717) is 24.7 Å². The fourth-order valence-electron chi connectivity index (χ4n) is 3.62. The molecular formula is C22H23F4N3O3. The van der Waals surface area contributed by atoms with Crippen molar-refractivity contribution in [2.75, 3.05) is 18.4 Å². The lowest BCUT2D eigenvalue weighted by atomic mass is 9.90. The predicted octanol–water partition coefficient (Wildman–Crippen LogP) is 4.51. The van der Waals surface area contributed by atoms with Gasteiger partial charge in [0.15, 0.2) is 0 Å². The third-order valence-electron chi connectivity index (χ3n) is 5.24. The summed E-state index contributed by atoms with van der Waals surface area (Å²) in [6, 6.07) is 11.6. The van der Waals surface area contributed by atoms with Crippen LogP contribution in [0.2, 0.25) is 0 Å². The number of nitrogens with two attached hydrogens (primary N) is 1. The Morgan fingerprint density at radius 1 is 1.12 bits per heavy atom. The van der Waals surface area contributed by atoms with Crippen LogP contribution >= 0.6 is 0 Å². The highest BCUT2D eigenvalue weighted by Crippen LogP contribution is 2.29. The molecule has 32 heavy (non-hydrogen) atoms. The van der Waals surface area contributed by atoms with Gasteiger partial charge in [-0.1, -0.05) is 18.2 Å². The molecule has 1 aliphatic rings. The lowest BCUT2D eigenvalue weighted by Crippen LogP contribution is -2.39. The standard InChI is InChI=1S/C22H23F4N3O3/c23-20(24)22(25,26)32-18-3-1-2-16(13-18)19(30)29-10-8-15(9-11-29)12-14-4-6-17(7-5-14)28-21(27)31/h1-7,13,15,20H,8-12H2,(H3,27,28,31). The largest absolute Gasteiger partial charge is 0.461 e. The van der Waals surface area contributed by atoms with Gasteiger partial charge in [-0.25, -0.2) is 4.79 Å². The van der Waals surface area contributed by atoms with Crippen LogP contribution in [0.1, 0.15) is 28.8 Å². The summed E-state index contributed by atoms with van der Waals surface area (Å²) < 4.78 is 55.0. The Morgan fingerprint density at radius 2 is 1.78 bits per heavy atom. The van der Waals surface area contributed by atoms with Crippen molar-refractivity contribution in [3.05, 3.63) is 59.7 Å². The number of amides is 3. The molecule has 6 nitrogen and oxygen atoms in total. The number of anilines is 1. The number of primary amides is 1. The molecule has 0 radical (unpaired) electrons. The molecule has 0 aromatic heterocycles. The van der Waals surface area contributed by atoms with Crippen molar-refractivity contribution in [3.63, 3.8) is 0 Å². The summed E-state index contributed by atoms with van der Waals surface area (Å²) in [5, 5.41) is 2.50. The summed E-state index contributed by atoms with van der Waals surface area (Å²) in [6.07, 6.45) is -6.28. The molecule has 10 heteroatoms. The van der Waals surface area contributed by atoms with Gasteiger partial charge in [0, 0.05) is 24.3 Å².